The quantitative estimate of drug-likeness (QED) is 0.856. The lowest BCUT2D eigenvalue weighted by Gasteiger charge is -2.32. The molecular weight excluding hydrogens is 288 g/mol. The van der Waals surface area contributed by atoms with Crippen LogP contribution in [0.15, 0.2) is 22.7 Å². The van der Waals surface area contributed by atoms with Gasteiger partial charge in [0.1, 0.15) is 0 Å². The minimum Gasteiger partial charge on any atom is -0.367 e. The van der Waals surface area contributed by atoms with Crippen molar-refractivity contribution in [3.63, 3.8) is 0 Å². The Kier molecular flexibility index (Phi) is 3.15. The van der Waals surface area contributed by atoms with Gasteiger partial charge in [-0.1, -0.05) is 15.9 Å². The van der Waals surface area contributed by atoms with Crippen molar-refractivity contribution in [1.29, 1.82) is 0 Å². The van der Waals surface area contributed by atoms with E-state index >= 15 is 0 Å². The van der Waals surface area contributed by atoms with E-state index in [1.54, 1.807) is 0 Å². The summed E-state index contributed by atoms with van der Waals surface area (Å²) >= 11 is 3.55. The van der Waals surface area contributed by atoms with E-state index in [0.717, 1.165) is 6.54 Å². The Labute approximate surface area is 118 Å². The van der Waals surface area contributed by atoms with E-state index < -0.39 is 0 Å². The van der Waals surface area contributed by atoms with Crippen molar-refractivity contribution in [3.8, 4) is 0 Å². The fourth-order valence-corrected chi connectivity index (χ4v) is 3.48. The molecule has 2 fully saturated rings. The topological polar surface area (TPSA) is 15.3 Å². The zero-order chi connectivity index (χ0) is 12.8. The number of halogens is 1. The summed E-state index contributed by atoms with van der Waals surface area (Å²) in [5.41, 5.74) is 3.33. The summed E-state index contributed by atoms with van der Waals surface area (Å²) in [7, 11) is 0. The summed E-state index contributed by atoms with van der Waals surface area (Å²) in [5.74, 6) is 0. The number of rotatable bonds is 1. The molecule has 1 aromatic rings. The van der Waals surface area contributed by atoms with Gasteiger partial charge in [0.05, 0.1) is 0 Å². The van der Waals surface area contributed by atoms with Gasteiger partial charge >= 0.3 is 0 Å². The Hall–Kier alpha value is -0.540. The van der Waals surface area contributed by atoms with Gasteiger partial charge < -0.3 is 10.2 Å². The minimum absolute atomic E-state index is 0.560. The lowest BCUT2D eigenvalue weighted by atomic mass is 10.1. The second kappa shape index (κ2) is 4.53. The van der Waals surface area contributed by atoms with Crippen LogP contribution in [0.5, 0.6) is 0 Å². The number of anilines is 1. The Bertz CT molecular complexity index is 454. The van der Waals surface area contributed by atoms with Crippen LogP contribution in [0.4, 0.5) is 5.69 Å². The predicted octanol–water partition coefficient (Wildman–Crippen LogP) is 3.34. The molecule has 1 aliphatic heterocycles. The van der Waals surface area contributed by atoms with E-state index in [4.69, 9.17) is 0 Å². The van der Waals surface area contributed by atoms with Gasteiger partial charge in [-0.25, -0.2) is 0 Å². The summed E-state index contributed by atoms with van der Waals surface area (Å²) in [4.78, 5) is 2.61. The highest BCUT2D eigenvalue weighted by Gasteiger charge is 2.45. The van der Waals surface area contributed by atoms with Gasteiger partial charge in [0.15, 0.2) is 0 Å². The van der Waals surface area contributed by atoms with Crippen molar-refractivity contribution in [3.05, 3.63) is 28.2 Å². The van der Waals surface area contributed by atoms with Crippen molar-refractivity contribution in [2.75, 3.05) is 24.5 Å². The molecule has 1 saturated carbocycles. The molecule has 1 N–H and O–H groups in total. The molecule has 3 rings (SSSR count). The molecule has 98 valence electrons. The second-order valence-electron chi connectivity index (χ2n) is 6.04. The maximum atomic E-state index is 3.63. The van der Waals surface area contributed by atoms with Crippen molar-refractivity contribution >= 4 is 21.6 Å². The van der Waals surface area contributed by atoms with Crippen molar-refractivity contribution in [1.82, 2.24) is 5.32 Å². The van der Waals surface area contributed by atoms with Gasteiger partial charge in [-0.2, -0.15) is 0 Å². The van der Waals surface area contributed by atoms with Crippen LogP contribution in [0, 0.1) is 12.3 Å². The lowest BCUT2D eigenvalue weighted by Crippen LogP contribution is -2.38. The summed E-state index contributed by atoms with van der Waals surface area (Å²) in [6.45, 7) is 8.05. The van der Waals surface area contributed by atoms with E-state index in [1.165, 1.54) is 41.7 Å². The van der Waals surface area contributed by atoms with Crippen LogP contribution in [0.2, 0.25) is 0 Å². The average Bonchev–Trinajstić information content (AvgIpc) is 3.08. The number of hydrogen-bond acceptors (Lipinski definition) is 2. The largest absolute Gasteiger partial charge is 0.367 e. The molecule has 1 heterocycles. The number of benzene rings is 1. The molecular formula is C15H21BrN2. The summed E-state index contributed by atoms with van der Waals surface area (Å²) < 4.78 is 1.17. The smallest absolute Gasteiger partial charge is 0.0399 e. The van der Waals surface area contributed by atoms with Crippen LogP contribution in [-0.4, -0.2) is 25.7 Å². The zero-order valence-electron chi connectivity index (χ0n) is 11.2. The Morgan fingerprint density at radius 2 is 2.17 bits per heavy atom. The summed E-state index contributed by atoms with van der Waals surface area (Å²) in [6.07, 6.45) is 2.78. The van der Waals surface area contributed by atoms with Crippen LogP contribution in [0.25, 0.3) is 0 Å². The fourth-order valence-electron chi connectivity index (χ4n) is 3.00. The fraction of sp³-hybridized carbons (Fsp3) is 0.600. The van der Waals surface area contributed by atoms with Crippen molar-refractivity contribution in [2.24, 2.45) is 5.41 Å². The number of nitrogens with zero attached hydrogens (tertiary/aromatic N) is 1. The van der Waals surface area contributed by atoms with E-state index in [0.29, 0.717) is 11.5 Å². The summed E-state index contributed by atoms with van der Waals surface area (Å²) in [5, 5.41) is 3.63. The molecule has 1 aliphatic carbocycles. The van der Waals surface area contributed by atoms with Crippen LogP contribution >= 0.6 is 15.9 Å². The first-order chi connectivity index (χ1) is 8.60. The standard InChI is InChI=1S/C15H21BrN2/c1-11-7-13(16)3-4-14(11)18-10-15(5-6-15)9-17-8-12(18)2/h3-4,7,12,17H,5-6,8-10H2,1-2H3. The Balaban J connectivity index is 1.92. The molecule has 1 saturated heterocycles. The highest BCUT2D eigenvalue weighted by atomic mass is 79.9. The van der Waals surface area contributed by atoms with E-state index in [-0.39, 0.29) is 0 Å². The number of nitrogens with one attached hydrogen (secondary N) is 1. The lowest BCUT2D eigenvalue weighted by molar-refractivity contribution is 0.500. The zero-order valence-corrected chi connectivity index (χ0v) is 12.8. The van der Waals surface area contributed by atoms with Gasteiger partial charge in [0.25, 0.3) is 0 Å². The van der Waals surface area contributed by atoms with Gasteiger partial charge in [0.2, 0.25) is 0 Å². The third kappa shape index (κ3) is 2.30. The number of hydrogen-bond donors (Lipinski definition) is 1. The molecule has 1 atom stereocenters. The predicted molar refractivity (Wildman–Crippen MR) is 80.2 cm³/mol. The second-order valence-corrected chi connectivity index (χ2v) is 6.95. The van der Waals surface area contributed by atoms with Crippen molar-refractivity contribution in [2.45, 2.75) is 32.7 Å². The van der Waals surface area contributed by atoms with Gasteiger partial charge in [0, 0.05) is 41.3 Å². The van der Waals surface area contributed by atoms with Crippen LogP contribution in [-0.2, 0) is 0 Å². The van der Waals surface area contributed by atoms with E-state index in [1.807, 2.05) is 0 Å². The molecule has 1 aromatic carbocycles. The molecule has 0 bridgehead atoms. The van der Waals surface area contributed by atoms with Crippen LogP contribution < -0.4 is 10.2 Å². The van der Waals surface area contributed by atoms with Gasteiger partial charge in [-0.15, -0.1) is 0 Å². The first-order valence-electron chi connectivity index (χ1n) is 6.83. The molecule has 1 unspecified atom stereocenters. The minimum atomic E-state index is 0.560. The van der Waals surface area contributed by atoms with Crippen LogP contribution in [0.3, 0.4) is 0 Å². The molecule has 3 heteroatoms. The molecule has 2 nitrogen and oxygen atoms in total. The Morgan fingerprint density at radius 1 is 1.39 bits per heavy atom. The Morgan fingerprint density at radius 3 is 2.83 bits per heavy atom. The highest BCUT2D eigenvalue weighted by molar-refractivity contribution is 9.10. The molecule has 0 aromatic heterocycles. The maximum absolute atomic E-state index is 3.63. The van der Waals surface area contributed by atoms with Gasteiger partial charge in [-0.3, -0.25) is 0 Å². The first kappa shape index (κ1) is 12.5. The van der Waals surface area contributed by atoms with E-state index in [9.17, 15) is 0 Å². The molecule has 0 radical (unpaired) electrons. The maximum Gasteiger partial charge on any atom is 0.0399 e. The molecule has 0 amide bonds. The monoisotopic (exact) mass is 308 g/mol. The normalized spacial score (nSPS) is 26.2. The third-order valence-electron chi connectivity index (χ3n) is 4.40. The third-order valence-corrected chi connectivity index (χ3v) is 4.90. The average molecular weight is 309 g/mol. The SMILES string of the molecule is Cc1cc(Br)ccc1N1CC2(CC2)CNCC1C. The van der Waals surface area contributed by atoms with Crippen LogP contribution in [0.1, 0.15) is 25.3 Å². The van der Waals surface area contributed by atoms with Crippen molar-refractivity contribution < 1.29 is 0 Å². The van der Waals surface area contributed by atoms with Gasteiger partial charge in [-0.05, 0) is 50.5 Å². The first-order valence-corrected chi connectivity index (χ1v) is 7.62. The highest BCUT2D eigenvalue weighted by Crippen LogP contribution is 2.47. The molecule has 1 spiro atoms. The summed E-state index contributed by atoms with van der Waals surface area (Å²) in [6, 6.07) is 7.22. The molecule has 2 aliphatic rings. The number of aryl methyl sites for hydroxylation is 1. The molecule has 18 heavy (non-hydrogen) atoms. The van der Waals surface area contributed by atoms with E-state index in [2.05, 4.69) is 58.2 Å².